The Morgan fingerprint density at radius 3 is 2.57 bits per heavy atom. The highest BCUT2D eigenvalue weighted by Gasteiger charge is 2.21. The van der Waals surface area contributed by atoms with E-state index in [0.29, 0.717) is 6.04 Å². The minimum absolute atomic E-state index is 0.258. The summed E-state index contributed by atoms with van der Waals surface area (Å²) in [5.74, 6) is 0.965. The molecule has 0 heterocycles. The van der Waals surface area contributed by atoms with Crippen molar-refractivity contribution in [3.05, 3.63) is 29.3 Å². The van der Waals surface area contributed by atoms with Crippen LogP contribution in [0.5, 0.6) is 5.75 Å². The third-order valence-corrected chi connectivity index (χ3v) is 4.57. The second kappa shape index (κ2) is 8.40. The molecule has 0 saturated heterocycles. The molecule has 0 radical (unpaired) electrons. The fraction of sp³-hybridized carbons (Fsp3) is 0.667. The van der Waals surface area contributed by atoms with Crippen molar-refractivity contribution in [1.82, 2.24) is 4.90 Å². The smallest absolute Gasteiger partial charge is 0.119 e. The minimum atomic E-state index is 0.258. The average Bonchev–Trinajstić information content (AvgIpc) is 3.00. The van der Waals surface area contributed by atoms with E-state index in [0.717, 1.165) is 31.9 Å². The van der Waals surface area contributed by atoms with Gasteiger partial charge in [0.15, 0.2) is 0 Å². The highest BCUT2D eigenvalue weighted by atomic mass is 16.5. The number of benzene rings is 1. The number of nitrogens with zero attached hydrogens (tertiary/aromatic N) is 1. The first-order valence-corrected chi connectivity index (χ1v) is 8.25. The van der Waals surface area contributed by atoms with E-state index < -0.39 is 0 Å². The van der Waals surface area contributed by atoms with E-state index >= 15 is 0 Å². The van der Waals surface area contributed by atoms with E-state index in [4.69, 9.17) is 4.74 Å². The molecule has 1 aromatic carbocycles. The topological polar surface area (TPSA) is 32.7 Å². The Labute approximate surface area is 128 Å². The van der Waals surface area contributed by atoms with E-state index in [-0.39, 0.29) is 6.61 Å². The SMILES string of the molecule is Cc1ccc(OCCCN(CCO)C2CCCC2)cc1C. The molecule has 1 saturated carbocycles. The van der Waals surface area contributed by atoms with Gasteiger partial charge in [0, 0.05) is 19.1 Å². The van der Waals surface area contributed by atoms with Crippen LogP contribution in [0.15, 0.2) is 18.2 Å². The molecule has 1 fully saturated rings. The summed E-state index contributed by atoms with van der Waals surface area (Å²) in [6.45, 7) is 7.06. The van der Waals surface area contributed by atoms with E-state index in [2.05, 4.69) is 30.9 Å². The van der Waals surface area contributed by atoms with Gasteiger partial charge >= 0.3 is 0 Å². The van der Waals surface area contributed by atoms with Gasteiger partial charge in [-0.25, -0.2) is 0 Å². The highest BCUT2D eigenvalue weighted by molar-refractivity contribution is 5.33. The van der Waals surface area contributed by atoms with E-state index in [9.17, 15) is 5.11 Å². The summed E-state index contributed by atoms with van der Waals surface area (Å²) in [5.41, 5.74) is 2.58. The molecule has 0 unspecified atom stereocenters. The maximum atomic E-state index is 9.22. The summed E-state index contributed by atoms with van der Waals surface area (Å²) in [6, 6.07) is 6.95. The van der Waals surface area contributed by atoms with Gasteiger partial charge < -0.3 is 9.84 Å². The van der Waals surface area contributed by atoms with Crippen LogP contribution in [-0.4, -0.2) is 42.4 Å². The van der Waals surface area contributed by atoms with Crippen LogP contribution >= 0.6 is 0 Å². The first-order valence-electron chi connectivity index (χ1n) is 8.25. The second-order valence-corrected chi connectivity index (χ2v) is 6.15. The summed E-state index contributed by atoms with van der Waals surface area (Å²) in [6.07, 6.45) is 6.27. The Kier molecular flexibility index (Phi) is 6.52. The molecule has 3 heteroatoms. The van der Waals surface area contributed by atoms with Crippen LogP contribution in [0.25, 0.3) is 0 Å². The molecule has 21 heavy (non-hydrogen) atoms. The minimum Gasteiger partial charge on any atom is -0.494 e. The molecule has 0 spiro atoms. The Morgan fingerprint density at radius 2 is 1.90 bits per heavy atom. The molecule has 2 rings (SSSR count). The van der Waals surface area contributed by atoms with Crippen molar-refractivity contribution >= 4 is 0 Å². The Morgan fingerprint density at radius 1 is 1.14 bits per heavy atom. The van der Waals surface area contributed by atoms with Crippen molar-refractivity contribution in [2.24, 2.45) is 0 Å². The van der Waals surface area contributed by atoms with Crippen LogP contribution in [0.3, 0.4) is 0 Å². The first kappa shape index (κ1) is 16.3. The number of aryl methyl sites for hydroxylation is 2. The molecule has 1 aromatic rings. The zero-order valence-corrected chi connectivity index (χ0v) is 13.5. The molecule has 0 aromatic heterocycles. The van der Waals surface area contributed by atoms with Gasteiger partial charge in [-0.1, -0.05) is 18.9 Å². The van der Waals surface area contributed by atoms with Crippen molar-refractivity contribution in [3.8, 4) is 5.75 Å². The van der Waals surface area contributed by atoms with Gasteiger partial charge in [-0.15, -0.1) is 0 Å². The molecule has 3 nitrogen and oxygen atoms in total. The summed E-state index contributed by atoms with van der Waals surface area (Å²) >= 11 is 0. The molecular weight excluding hydrogens is 262 g/mol. The van der Waals surface area contributed by atoms with Gasteiger partial charge in [0.2, 0.25) is 0 Å². The number of rotatable bonds is 8. The predicted molar refractivity (Wildman–Crippen MR) is 86.9 cm³/mol. The second-order valence-electron chi connectivity index (χ2n) is 6.15. The van der Waals surface area contributed by atoms with Crippen molar-refractivity contribution < 1.29 is 9.84 Å². The van der Waals surface area contributed by atoms with Gasteiger partial charge in [-0.2, -0.15) is 0 Å². The van der Waals surface area contributed by atoms with Crippen molar-refractivity contribution in [2.75, 3.05) is 26.3 Å². The van der Waals surface area contributed by atoms with E-state index in [1.54, 1.807) is 0 Å². The number of aliphatic hydroxyl groups excluding tert-OH is 1. The third-order valence-electron chi connectivity index (χ3n) is 4.57. The lowest BCUT2D eigenvalue weighted by molar-refractivity contribution is 0.142. The summed E-state index contributed by atoms with van der Waals surface area (Å²) < 4.78 is 5.84. The first-order chi connectivity index (χ1) is 10.2. The molecule has 1 aliphatic rings. The van der Waals surface area contributed by atoms with Gasteiger partial charge in [-0.05, 0) is 56.4 Å². The molecule has 1 aliphatic carbocycles. The van der Waals surface area contributed by atoms with Gasteiger partial charge in [-0.3, -0.25) is 4.90 Å². The van der Waals surface area contributed by atoms with Crippen LogP contribution < -0.4 is 4.74 Å². The lowest BCUT2D eigenvalue weighted by Gasteiger charge is -2.28. The molecule has 1 N–H and O–H groups in total. The zero-order valence-electron chi connectivity index (χ0n) is 13.5. The summed E-state index contributed by atoms with van der Waals surface area (Å²) in [4.78, 5) is 2.44. The normalized spacial score (nSPS) is 15.8. The van der Waals surface area contributed by atoms with Crippen LogP contribution in [0.4, 0.5) is 0 Å². The largest absolute Gasteiger partial charge is 0.494 e. The summed E-state index contributed by atoms with van der Waals surface area (Å²) in [7, 11) is 0. The van der Waals surface area contributed by atoms with Crippen molar-refractivity contribution in [3.63, 3.8) is 0 Å². The van der Waals surface area contributed by atoms with Crippen LogP contribution in [-0.2, 0) is 0 Å². The number of ether oxygens (including phenoxy) is 1. The van der Waals surface area contributed by atoms with E-state index in [1.165, 1.54) is 36.8 Å². The Bertz CT molecular complexity index is 427. The van der Waals surface area contributed by atoms with E-state index in [1.807, 2.05) is 6.07 Å². The predicted octanol–water partition coefficient (Wildman–Crippen LogP) is 3.31. The molecule has 0 bridgehead atoms. The van der Waals surface area contributed by atoms with Gasteiger partial charge in [0.05, 0.1) is 13.2 Å². The molecule has 0 atom stereocenters. The maximum Gasteiger partial charge on any atom is 0.119 e. The highest BCUT2D eigenvalue weighted by Crippen LogP contribution is 2.23. The van der Waals surface area contributed by atoms with Gasteiger partial charge in [0.1, 0.15) is 5.75 Å². The lowest BCUT2D eigenvalue weighted by atomic mass is 10.1. The molecule has 0 amide bonds. The lowest BCUT2D eigenvalue weighted by Crippen LogP contribution is -2.36. The molecule has 118 valence electrons. The van der Waals surface area contributed by atoms with Crippen LogP contribution in [0.1, 0.15) is 43.2 Å². The van der Waals surface area contributed by atoms with Crippen LogP contribution in [0, 0.1) is 13.8 Å². The van der Waals surface area contributed by atoms with Gasteiger partial charge in [0.25, 0.3) is 0 Å². The number of hydrogen-bond acceptors (Lipinski definition) is 3. The third kappa shape index (κ3) is 5.01. The fourth-order valence-corrected chi connectivity index (χ4v) is 3.14. The van der Waals surface area contributed by atoms with Crippen molar-refractivity contribution in [2.45, 2.75) is 52.0 Å². The maximum absolute atomic E-state index is 9.22. The molecular formula is C18H29NO2. The quantitative estimate of drug-likeness (QED) is 0.746. The van der Waals surface area contributed by atoms with Crippen LogP contribution in [0.2, 0.25) is 0 Å². The number of aliphatic hydroxyl groups is 1. The monoisotopic (exact) mass is 291 g/mol. The Hall–Kier alpha value is -1.06. The zero-order chi connectivity index (χ0) is 15.1. The van der Waals surface area contributed by atoms with Crippen molar-refractivity contribution in [1.29, 1.82) is 0 Å². The average molecular weight is 291 g/mol. The number of hydrogen-bond donors (Lipinski definition) is 1. The fourth-order valence-electron chi connectivity index (χ4n) is 3.14. The molecule has 0 aliphatic heterocycles. The standard InChI is InChI=1S/C18H29NO2/c1-15-8-9-18(14-16(15)2)21-13-5-10-19(11-12-20)17-6-3-4-7-17/h8-9,14,17,20H,3-7,10-13H2,1-2H3. The summed E-state index contributed by atoms with van der Waals surface area (Å²) in [5, 5.41) is 9.22. The Balaban J connectivity index is 1.72.